The lowest BCUT2D eigenvalue weighted by molar-refractivity contribution is -0.122. The highest BCUT2D eigenvalue weighted by molar-refractivity contribution is 6.39. The summed E-state index contributed by atoms with van der Waals surface area (Å²) in [6, 6.07) is 28.0. The van der Waals surface area contributed by atoms with Gasteiger partial charge in [0, 0.05) is 16.5 Å². The number of anilines is 1. The normalized spacial score (nSPS) is 14.6. The van der Waals surface area contributed by atoms with E-state index in [1.807, 2.05) is 54.6 Å². The summed E-state index contributed by atoms with van der Waals surface area (Å²) >= 11 is 0. The third-order valence-corrected chi connectivity index (χ3v) is 6.34. The van der Waals surface area contributed by atoms with Crippen molar-refractivity contribution in [3.8, 4) is 22.8 Å². The van der Waals surface area contributed by atoms with Gasteiger partial charge >= 0.3 is 6.03 Å². The molecular formula is C31H20FN3O4. The smallest absolute Gasteiger partial charge is 0.335 e. The lowest BCUT2D eigenvalue weighted by Gasteiger charge is -2.26. The van der Waals surface area contributed by atoms with Crippen LogP contribution in [0.25, 0.3) is 28.2 Å². The Kier molecular flexibility index (Phi) is 5.97. The van der Waals surface area contributed by atoms with Crippen LogP contribution < -0.4 is 15.0 Å². The molecule has 0 aliphatic carbocycles. The maximum Gasteiger partial charge on any atom is 0.335 e. The van der Waals surface area contributed by atoms with Crippen molar-refractivity contribution in [3.05, 3.63) is 120 Å². The van der Waals surface area contributed by atoms with Crippen LogP contribution in [-0.2, 0) is 9.59 Å². The first-order valence-electron chi connectivity index (χ1n) is 12.1. The topological polar surface area (TPSA) is 91.5 Å². The van der Waals surface area contributed by atoms with Crippen molar-refractivity contribution in [3.63, 3.8) is 0 Å². The van der Waals surface area contributed by atoms with Gasteiger partial charge in [0.05, 0.1) is 11.4 Å². The highest BCUT2D eigenvalue weighted by Crippen LogP contribution is 2.34. The summed E-state index contributed by atoms with van der Waals surface area (Å²) in [5, 5.41) is 3.02. The number of barbiturate groups is 1. The molecule has 0 radical (unpaired) electrons. The van der Waals surface area contributed by atoms with Crippen LogP contribution in [0.5, 0.6) is 11.5 Å². The van der Waals surface area contributed by atoms with Gasteiger partial charge in [0.1, 0.15) is 22.9 Å². The summed E-state index contributed by atoms with van der Waals surface area (Å²) in [7, 11) is 0. The van der Waals surface area contributed by atoms with Crippen molar-refractivity contribution in [2.24, 2.45) is 0 Å². The number of urea groups is 1. The van der Waals surface area contributed by atoms with E-state index < -0.39 is 17.8 Å². The van der Waals surface area contributed by atoms with Crippen LogP contribution in [0.15, 0.2) is 109 Å². The lowest BCUT2D eigenvalue weighted by atomic mass is 10.0. The van der Waals surface area contributed by atoms with Crippen molar-refractivity contribution in [1.82, 2.24) is 10.3 Å². The first kappa shape index (κ1) is 23.9. The van der Waals surface area contributed by atoms with E-state index in [1.165, 1.54) is 18.2 Å². The molecular weight excluding hydrogens is 497 g/mol. The number of H-pyrrole nitrogens is 1. The van der Waals surface area contributed by atoms with E-state index in [2.05, 4.69) is 10.3 Å². The van der Waals surface area contributed by atoms with E-state index in [-0.39, 0.29) is 17.1 Å². The molecule has 1 aliphatic heterocycles. The van der Waals surface area contributed by atoms with Crippen LogP contribution in [0, 0.1) is 5.82 Å². The van der Waals surface area contributed by atoms with Crippen LogP contribution in [-0.4, -0.2) is 22.8 Å². The second-order valence-electron chi connectivity index (χ2n) is 8.83. The minimum Gasteiger partial charge on any atom is -0.457 e. The Bertz CT molecular complexity index is 1760. The Morgan fingerprint density at radius 3 is 2.15 bits per heavy atom. The number of fused-ring (bicyclic) bond motifs is 1. The number of nitrogens with zero attached hydrogens (tertiary/aromatic N) is 1. The summed E-state index contributed by atoms with van der Waals surface area (Å²) in [5.41, 5.74) is 2.67. The zero-order valence-electron chi connectivity index (χ0n) is 20.4. The van der Waals surface area contributed by atoms with E-state index in [4.69, 9.17) is 4.74 Å². The van der Waals surface area contributed by atoms with E-state index in [0.29, 0.717) is 28.3 Å². The number of nitrogens with one attached hydrogen (secondary N) is 2. The highest BCUT2D eigenvalue weighted by Gasteiger charge is 2.37. The molecule has 5 aromatic rings. The van der Waals surface area contributed by atoms with Gasteiger partial charge < -0.3 is 9.72 Å². The minimum atomic E-state index is -0.850. The second-order valence-corrected chi connectivity index (χ2v) is 8.83. The fourth-order valence-electron chi connectivity index (χ4n) is 4.48. The Balaban J connectivity index is 1.38. The number of amides is 4. The maximum absolute atomic E-state index is 13.6. The number of rotatable bonds is 5. The molecule has 1 fully saturated rings. The van der Waals surface area contributed by atoms with Crippen molar-refractivity contribution < 1.29 is 23.5 Å². The molecule has 0 spiro atoms. The average Bonchev–Trinajstić information content (AvgIpc) is 3.31. The van der Waals surface area contributed by atoms with E-state index in [1.54, 1.807) is 36.4 Å². The molecule has 8 heteroatoms. The molecule has 0 bridgehead atoms. The van der Waals surface area contributed by atoms with Crippen LogP contribution in [0.4, 0.5) is 14.9 Å². The van der Waals surface area contributed by atoms with Crippen molar-refractivity contribution in [2.75, 3.05) is 4.90 Å². The summed E-state index contributed by atoms with van der Waals surface area (Å²) in [5.74, 6) is -0.796. The van der Waals surface area contributed by atoms with Gasteiger partial charge in [-0.05, 0) is 78.4 Å². The van der Waals surface area contributed by atoms with Crippen LogP contribution in [0.2, 0.25) is 0 Å². The molecule has 1 saturated heterocycles. The molecule has 2 N–H and O–H groups in total. The summed E-state index contributed by atoms with van der Waals surface area (Å²) in [6.07, 6.45) is 1.46. The average molecular weight is 518 g/mol. The summed E-state index contributed by atoms with van der Waals surface area (Å²) in [6.45, 7) is 0. The largest absolute Gasteiger partial charge is 0.457 e. The predicted molar refractivity (Wildman–Crippen MR) is 146 cm³/mol. The number of hydrogen-bond donors (Lipinski definition) is 2. The first-order valence-corrected chi connectivity index (χ1v) is 12.1. The van der Waals surface area contributed by atoms with Gasteiger partial charge in [-0.3, -0.25) is 14.9 Å². The monoisotopic (exact) mass is 517 g/mol. The number of imide groups is 2. The second kappa shape index (κ2) is 9.75. The van der Waals surface area contributed by atoms with Crippen molar-refractivity contribution in [2.45, 2.75) is 0 Å². The Hall–Kier alpha value is -5.50. The molecule has 1 aromatic heterocycles. The van der Waals surface area contributed by atoms with Gasteiger partial charge in [-0.2, -0.15) is 0 Å². The van der Waals surface area contributed by atoms with E-state index in [9.17, 15) is 18.8 Å². The van der Waals surface area contributed by atoms with Gasteiger partial charge in [-0.1, -0.05) is 36.4 Å². The molecule has 190 valence electrons. The lowest BCUT2D eigenvalue weighted by Crippen LogP contribution is -2.54. The number of hydrogen-bond acceptors (Lipinski definition) is 4. The zero-order chi connectivity index (χ0) is 26.9. The molecule has 0 saturated carbocycles. The van der Waals surface area contributed by atoms with Gasteiger partial charge in [0.25, 0.3) is 11.8 Å². The summed E-state index contributed by atoms with van der Waals surface area (Å²) in [4.78, 5) is 43.4. The SMILES string of the molecule is O=C1NC(=O)N(c2ccc(Oc3ccccc3)cc2)C(=O)C1=Cc1c(-c2ccc(F)cc2)[nH]c2ccccc12. The number of ether oxygens (including phenoxy) is 1. The molecule has 2 heterocycles. The van der Waals surface area contributed by atoms with Crippen LogP contribution in [0.3, 0.4) is 0 Å². The number of halogens is 1. The van der Waals surface area contributed by atoms with Crippen molar-refractivity contribution in [1.29, 1.82) is 0 Å². The number of benzene rings is 4. The maximum atomic E-state index is 13.6. The number of aromatic nitrogens is 1. The molecule has 4 aromatic carbocycles. The molecule has 0 unspecified atom stereocenters. The Labute approximate surface area is 222 Å². The van der Waals surface area contributed by atoms with Crippen molar-refractivity contribution >= 4 is 40.5 Å². The third-order valence-electron chi connectivity index (χ3n) is 6.34. The van der Waals surface area contributed by atoms with Crippen LogP contribution in [0.1, 0.15) is 5.56 Å². The van der Waals surface area contributed by atoms with Crippen LogP contribution >= 0.6 is 0 Å². The Morgan fingerprint density at radius 2 is 1.41 bits per heavy atom. The molecule has 1 aliphatic rings. The standard InChI is InChI=1S/C31H20FN3O4/c32-20-12-10-19(11-13-20)28-25(24-8-4-5-9-27(24)33-28)18-26-29(36)34-31(38)35(30(26)37)21-14-16-23(17-15-21)39-22-6-2-1-3-7-22/h1-18,33H,(H,34,36,38). The Morgan fingerprint density at radius 1 is 0.744 bits per heavy atom. The van der Waals surface area contributed by atoms with Gasteiger partial charge in [-0.15, -0.1) is 0 Å². The quantitative estimate of drug-likeness (QED) is 0.208. The van der Waals surface area contributed by atoms with Gasteiger partial charge in [0.15, 0.2) is 0 Å². The number of carbonyl (C=O) groups excluding carboxylic acids is 3. The fourth-order valence-corrected chi connectivity index (χ4v) is 4.48. The van der Waals surface area contributed by atoms with Gasteiger partial charge in [0.2, 0.25) is 0 Å². The van der Waals surface area contributed by atoms with E-state index in [0.717, 1.165) is 15.8 Å². The molecule has 6 rings (SSSR count). The number of aromatic amines is 1. The fraction of sp³-hybridized carbons (Fsp3) is 0. The molecule has 39 heavy (non-hydrogen) atoms. The van der Waals surface area contributed by atoms with Gasteiger partial charge in [-0.25, -0.2) is 14.1 Å². The molecule has 7 nitrogen and oxygen atoms in total. The molecule has 4 amide bonds. The number of para-hydroxylation sites is 2. The summed E-state index contributed by atoms with van der Waals surface area (Å²) < 4.78 is 19.4. The first-order chi connectivity index (χ1) is 19.0. The number of carbonyl (C=O) groups is 3. The third kappa shape index (κ3) is 4.55. The predicted octanol–water partition coefficient (Wildman–Crippen LogP) is 6.43. The zero-order valence-corrected chi connectivity index (χ0v) is 20.4. The molecule has 0 atom stereocenters. The highest BCUT2D eigenvalue weighted by atomic mass is 19.1. The minimum absolute atomic E-state index is 0.215. The van der Waals surface area contributed by atoms with E-state index >= 15 is 0 Å².